The van der Waals surface area contributed by atoms with Gasteiger partial charge in [0.2, 0.25) is 18.6 Å². The van der Waals surface area contributed by atoms with Gasteiger partial charge in [0.05, 0.1) is 18.3 Å². The molecule has 1 aromatic carbocycles. The highest BCUT2D eigenvalue weighted by Gasteiger charge is 2.46. The lowest BCUT2D eigenvalue weighted by molar-refractivity contribution is -0.150. The summed E-state index contributed by atoms with van der Waals surface area (Å²) in [6, 6.07) is 5.33. The quantitative estimate of drug-likeness (QED) is 0.401. The van der Waals surface area contributed by atoms with E-state index < -0.39 is 18.5 Å². The van der Waals surface area contributed by atoms with Crippen LogP contribution in [-0.2, 0) is 30.5 Å². The van der Waals surface area contributed by atoms with Crippen molar-refractivity contribution in [1.29, 1.82) is 0 Å². The largest absolute Gasteiger partial charge is 0.456 e. The van der Waals surface area contributed by atoms with E-state index in [9.17, 15) is 19.2 Å². The van der Waals surface area contributed by atoms with Gasteiger partial charge in [-0.3, -0.25) is 24.1 Å². The van der Waals surface area contributed by atoms with Crippen LogP contribution < -0.4 is 14.8 Å². The van der Waals surface area contributed by atoms with Crippen LogP contribution in [0.2, 0.25) is 0 Å². The molecule has 0 bridgehead atoms. The van der Waals surface area contributed by atoms with E-state index in [4.69, 9.17) is 14.2 Å². The first kappa shape index (κ1) is 19.9. The van der Waals surface area contributed by atoms with E-state index in [0.29, 0.717) is 24.3 Å². The summed E-state index contributed by atoms with van der Waals surface area (Å²) in [5, 5.41) is 2.65. The van der Waals surface area contributed by atoms with Crippen molar-refractivity contribution in [3.63, 3.8) is 0 Å². The van der Waals surface area contributed by atoms with Gasteiger partial charge in [0.1, 0.15) is 0 Å². The van der Waals surface area contributed by atoms with Crippen molar-refractivity contribution >= 4 is 23.7 Å². The van der Waals surface area contributed by atoms with Gasteiger partial charge in [0.15, 0.2) is 18.1 Å². The van der Waals surface area contributed by atoms with Gasteiger partial charge < -0.3 is 19.5 Å². The van der Waals surface area contributed by atoms with Gasteiger partial charge in [0.25, 0.3) is 5.91 Å². The van der Waals surface area contributed by atoms with Crippen LogP contribution in [0.25, 0.3) is 0 Å². The fourth-order valence-corrected chi connectivity index (χ4v) is 3.81. The zero-order chi connectivity index (χ0) is 21.1. The molecule has 158 valence electrons. The van der Waals surface area contributed by atoms with Gasteiger partial charge in [-0.15, -0.1) is 0 Å². The molecule has 2 aliphatic heterocycles. The fourth-order valence-electron chi connectivity index (χ4n) is 3.81. The summed E-state index contributed by atoms with van der Waals surface area (Å²) in [7, 11) is 0. The number of fused-ring (bicyclic) bond motifs is 2. The number of nitrogens with one attached hydrogen (secondary N) is 1. The lowest BCUT2D eigenvalue weighted by Crippen LogP contribution is -2.34. The molecule has 1 fully saturated rings. The van der Waals surface area contributed by atoms with Crippen LogP contribution in [0.15, 0.2) is 30.4 Å². The Kier molecular flexibility index (Phi) is 5.69. The van der Waals surface area contributed by atoms with Gasteiger partial charge >= 0.3 is 5.97 Å². The predicted molar refractivity (Wildman–Crippen MR) is 102 cm³/mol. The molecule has 0 aromatic heterocycles. The molecule has 1 aliphatic carbocycles. The van der Waals surface area contributed by atoms with E-state index in [0.717, 1.165) is 10.5 Å². The summed E-state index contributed by atoms with van der Waals surface area (Å²) >= 11 is 0. The molecule has 1 N–H and O–H groups in total. The number of carbonyl (C=O) groups is 4. The van der Waals surface area contributed by atoms with Crippen LogP contribution in [-0.4, -0.2) is 48.5 Å². The molecular weight excluding hydrogens is 392 g/mol. The molecular formula is C21H22N2O7. The molecule has 3 amide bonds. The summed E-state index contributed by atoms with van der Waals surface area (Å²) in [6.07, 6.45) is 4.79. The number of hydrogen-bond acceptors (Lipinski definition) is 7. The zero-order valence-corrected chi connectivity index (χ0v) is 16.3. The first-order valence-corrected chi connectivity index (χ1v) is 9.84. The summed E-state index contributed by atoms with van der Waals surface area (Å²) in [4.78, 5) is 49.7. The Morgan fingerprint density at radius 3 is 2.50 bits per heavy atom. The molecule has 9 heteroatoms. The van der Waals surface area contributed by atoms with Crippen LogP contribution >= 0.6 is 0 Å². The van der Waals surface area contributed by atoms with Crippen molar-refractivity contribution in [2.45, 2.75) is 25.8 Å². The summed E-state index contributed by atoms with van der Waals surface area (Å²) in [5.74, 6) is -0.916. The van der Waals surface area contributed by atoms with Crippen molar-refractivity contribution in [2.75, 3.05) is 19.9 Å². The first-order valence-electron chi connectivity index (χ1n) is 9.84. The summed E-state index contributed by atoms with van der Waals surface area (Å²) in [5.41, 5.74) is 0.820. The molecule has 2 heterocycles. The van der Waals surface area contributed by atoms with E-state index in [1.807, 2.05) is 12.2 Å². The number of likely N-dealkylation sites (tertiary alicyclic amines) is 1. The number of nitrogens with zero attached hydrogens (tertiary/aromatic N) is 1. The number of rotatable bonds is 7. The van der Waals surface area contributed by atoms with Gasteiger partial charge in [-0.05, 0) is 30.5 Å². The second-order valence-electron chi connectivity index (χ2n) is 7.36. The van der Waals surface area contributed by atoms with Crippen LogP contribution in [0.4, 0.5) is 0 Å². The lowest BCUT2D eigenvalue weighted by atomic mass is 9.85. The van der Waals surface area contributed by atoms with E-state index >= 15 is 0 Å². The lowest BCUT2D eigenvalue weighted by Gasteiger charge is -2.14. The van der Waals surface area contributed by atoms with Gasteiger partial charge in [-0.2, -0.15) is 0 Å². The van der Waals surface area contributed by atoms with Crippen LogP contribution in [0.1, 0.15) is 24.8 Å². The number of ether oxygens (including phenoxy) is 3. The average Bonchev–Trinajstić information content (AvgIpc) is 3.32. The summed E-state index contributed by atoms with van der Waals surface area (Å²) in [6.45, 7) is -0.0305. The summed E-state index contributed by atoms with van der Waals surface area (Å²) < 4.78 is 15.5. The minimum absolute atomic E-state index is 0.0255. The van der Waals surface area contributed by atoms with Crippen molar-refractivity contribution in [3.05, 3.63) is 35.9 Å². The normalized spacial score (nSPS) is 21.5. The topological polar surface area (TPSA) is 111 Å². The Morgan fingerprint density at radius 1 is 1.07 bits per heavy atom. The minimum atomic E-state index is -0.637. The maximum atomic E-state index is 12.4. The fraction of sp³-hybridized carbons (Fsp3) is 0.429. The Bertz CT molecular complexity index is 885. The van der Waals surface area contributed by atoms with E-state index in [2.05, 4.69) is 5.32 Å². The molecule has 0 radical (unpaired) electrons. The molecule has 4 rings (SSSR count). The van der Waals surface area contributed by atoms with Crippen molar-refractivity contribution in [2.24, 2.45) is 11.8 Å². The minimum Gasteiger partial charge on any atom is -0.456 e. The number of esters is 1. The molecule has 1 aromatic rings. The standard InChI is InChI=1S/C21H22N2O7/c24-18(22-10-13-5-6-16-17(9-13)30-12-29-16)11-28-19(25)7-8-23-20(26)14-3-1-2-4-15(14)21(23)27/h1-2,5-6,9,14-15H,3-4,7-8,10-12H2,(H,22,24)/t14-,15+. The number of carbonyl (C=O) groups excluding carboxylic acids is 4. The zero-order valence-electron chi connectivity index (χ0n) is 16.3. The van der Waals surface area contributed by atoms with Crippen molar-refractivity contribution in [3.8, 4) is 11.5 Å². The van der Waals surface area contributed by atoms with Crippen molar-refractivity contribution < 1.29 is 33.4 Å². The Hall–Kier alpha value is -3.36. The maximum Gasteiger partial charge on any atom is 0.308 e. The second-order valence-corrected chi connectivity index (χ2v) is 7.36. The van der Waals surface area contributed by atoms with Gasteiger partial charge in [0, 0.05) is 13.1 Å². The van der Waals surface area contributed by atoms with Crippen LogP contribution in [0.3, 0.4) is 0 Å². The van der Waals surface area contributed by atoms with E-state index in [1.54, 1.807) is 18.2 Å². The molecule has 30 heavy (non-hydrogen) atoms. The highest BCUT2D eigenvalue weighted by atomic mass is 16.7. The smallest absolute Gasteiger partial charge is 0.308 e. The van der Waals surface area contributed by atoms with E-state index in [1.165, 1.54) is 0 Å². The number of amides is 3. The van der Waals surface area contributed by atoms with Crippen LogP contribution in [0, 0.1) is 11.8 Å². The predicted octanol–water partition coefficient (Wildman–Crippen LogP) is 0.916. The Labute approximate surface area is 172 Å². The first-order chi connectivity index (χ1) is 14.5. The van der Waals surface area contributed by atoms with Gasteiger partial charge in [-0.25, -0.2) is 0 Å². The number of benzene rings is 1. The molecule has 0 unspecified atom stereocenters. The molecule has 3 aliphatic rings. The molecule has 1 saturated heterocycles. The van der Waals surface area contributed by atoms with Crippen LogP contribution in [0.5, 0.6) is 11.5 Å². The third-order valence-corrected chi connectivity index (χ3v) is 5.43. The third-order valence-electron chi connectivity index (χ3n) is 5.43. The Morgan fingerprint density at radius 2 is 1.77 bits per heavy atom. The number of imide groups is 1. The van der Waals surface area contributed by atoms with Crippen molar-refractivity contribution in [1.82, 2.24) is 10.2 Å². The third kappa shape index (κ3) is 4.14. The number of allylic oxidation sites excluding steroid dienone is 2. The molecule has 2 atom stereocenters. The SMILES string of the molecule is O=C(COC(=O)CCN1C(=O)[C@H]2CC=CC[C@H]2C1=O)NCc1ccc2c(c1)OCO2. The second kappa shape index (κ2) is 8.56. The molecule has 0 spiro atoms. The monoisotopic (exact) mass is 414 g/mol. The highest BCUT2D eigenvalue weighted by Crippen LogP contribution is 2.35. The Balaban J connectivity index is 1.17. The number of hydrogen-bond donors (Lipinski definition) is 1. The van der Waals surface area contributed by atoms with Gasteiger partial charge in [-0.1, -0.05) is 18.2 Å². The average molecular weight is 414 g/mol. The maximum absolute atomic E-state index is 12.4. The highest BCUT2D eigenvalue weighted by molar-refractivity contribution is 6.05. The molecule has 9 nitrogen and oxygen atoms in total. The molecule has 0 saturated carbocycles. The van der Waals surface area contributed by atoms with E-state index in [-0.39, 0.29) is 50.0 Å².